The summed E-state index contributed by atoms with van der Waals surface area (Å²) in [5.41, 5.74) is 0.149. The van der Waals surface area contributed by atoms with Crippen LogP contribution in [0, 0.1) is 5.41 Å². The van der Waals surface area contributed by atoms with Crippen molar-refractivity contribution < 1.29 is 17.9 Å². The van der Waals surface area contributed by atoms with Gasteiger partial charge in [0.1, 0.15) is 0 Å². The Morgan fingerprint density at radius 2 is 1.62 bits per heavy atom. The maximum atomic E-state index is 13.0. The fraction of sp³-hybridized carbons (Fsp3) is 0.647. The lowest BCUT2D eigenvalue weighted by atomic mass is 9.78. The molecule has 1 spiro atoms. The van der Waals surface area contributed by atoms with E-state index in [1.165, 1.54) is 14.2 Å². The van der Waals surface area contributed by atoms with Crippen LogP contribution >= 0.6 is 0 Å². The molecule has 0 amide bonds. The molecule has 0 radical (unpaired) electrons. The molecule has 2 aliphatic heterocycles. The number of sulfonamides is 1. The highest BCUT2D eigenvalue weighted by molar-refractivity contribution is 7.89. The summed E-state index contributed by atoms with van der Waals surface area (Å²) in [6.07, 6.45) is 3.09. The van der Waals surface area contributed by atoms with Crippen LogP contribution in [0.15, 0.2) is 23.1 Å². The predicted octanol–water partition coefficient (Wildman–Crippen LogP) is 1.81. The van der Waals surface area contributed by atoms with E-state index in [9.17, 15) is 8.42 Å². The standard InChI is InChI=1S/C17H26N2O4S/c1-18-9-6-17(7-10-18)8-11-19(13-17)24(20,21)14-4-5-15(22-2)16(12-14)23-3/h4-5,12H,6-11,13H2,1-3H3. The summed E-state index contributed by atoms with van der Waals surface area (Å²) in [7, 11) is 1.67. The number of hydrogen-bond acceptors (Lipinski definition) is 5. The van der Waals surface area contributed by atoms with Gasteiger partial charge in [-0.05, 0) is 56.9 Å². The Labute approximate surface area is 144 Å². The zero-order chi connectivity index (χ0) is 17.4. The fourth-order valence-corrected chi connectivity index (χ4v) is 5.30. The average molecular weight is 354 g/mol. The Balaban J connectivity index is 1.82. The van der Waals surface area contributed by atoms with E-state index >= 15 is 0 Å². The molecule has 0 N–H and O–H groups in total. The van der Waals surface area contributed by atoms with Gasteiger partial charge in [-0.2, -0.15) is 4.31 Å². The molecule has 0 aromatic heterocycles. The Morgan fingerprint density at radius 1 is 1.00 bits per heavy atom. The van der Waals surface area contributed by atoms with Crippen LogP contribution in [0.4, 0.5) is 0 Å². The van der Waals surface area contributed by atoms with Crippen LogP contribution in [0.5, 0.6) is 11.5 Å². The molecule has 0 atom stereocenters. The van der Waals surface area contributed by atoms with E-state index in [-0.39, 0.29) is 10.3 Å². The summed E-state index contributed by atoms with van der Waals surface area (Å²) >= 11 is 0. The molecule has 1 aromatic carbocycles. The van der Waals surface area contributed by atoms with Crippen molar-refractivity contribution >= 4 is 10.0 Å². The third-order valence-corrected chi connectivity index (χ3v) is 7.28. The molecule has 2 heterocycles. The monoisotopic (exact) mass is 354 g/mol. The highest BCUT2D eigenvalue weighted by Gasteiger charge is 2.44. The number of ether oxygens (including phenoxy) is 2. The van der Waals surface area contributed by atoms with E-state index in [1.54, 1.807) is 22.5 Å². The van der Waals surface area contributed by atoms with Gasteiger partial charge in [0.25, 0.3) is 0 Å². The number of piperidine rings is 1. The van der Waals surface area contributed by atoms with Gasteiger partial charge in [-0.25, -0.2) is 8.42 Å². The summed E-state index contributed by atoms with van der Waals surface area (Å²) in [6.45, 7) is 3.31. The van der Waals surface area contributed by atoms with Crippen molar-refractivity contribution in [3.8, 4) is 11.5 Å². The molecule has 2 saturated heterocycles. The minimum absolute atomic E-state index is 0.149. The first-order valence-corrected chi connectivity index (χ1v) is 9.75. The Kier molecular flexibility index (Phi) is 4.77. The van der Waals surface area contributed by atoms with Gasteiger partial charge in [-0.1, -0.05) is 0 Å². The average Bonchev–Trinajstić information content (AvgIpc) is 3.02. The quantitative estimate of drug-likeness (QED) is 0.825. The molecule has 1 aromatic rings. The van der Waals surface area contributed by atoms with Crippen molar-refractivity contribution in [2.75, 3.05) is 47.4 Å². The van der Waals surface area contributed by atoms with Crippen molar-refractivity contribution in [2.24, 2.45) is 5.41 Å². The molecule has 0 aliphatic carbocycles. The third kappa shape index (κ3) is 3.12. The SMILES string of the molecule is COc1ccc(S(=O)(=O)N2CCC3(CCN(C)CC3)C2)cc1OC. The van der Waals surface area contributed by atoms with Crippen molar-refractivity contribution in [3.05, 3.63) is 18.2 Å². The predicted molar refractivity (Wildman–Crippen MR) is 92.1 cm³/mol. The first kappa shape index (κ1) is 17.5. The molecule has 0 unspecified atom stereocenters. The van der Waals surface area contributed by atoms with Gasteiger partial charge in [0.15, 0.2) is 11.5 Å². The van der Waals surface area contributed by atoms with Crippen molar-refractivity contribution in [1.29, 1.82) is 0 Å². The zero-order valence-corrected chi connectivity index (χ0v) is 15.4. The molecule has 2 aliphatic rings. The lowest BCUT2D eigenvalue weighted by Gasteiger charge is -2.37. The van der Waals surface area contributed by atoms with Gasteiger partial charge in [0, 0.05) is 19.2 Å². The van der Waals surface area contributed by atoms with E-state index < -0.39 is 10.0 Å². The number of benzene rings is 1. The van der Waals surface area contributed by atoms with Crippen LogP contribution in [-0.4, -0.2) is 65.1 Å². The summed E-state index contributed by atoms with van der Waals surface area (Å²) in [5.74, 6) is 0.969. The number of likely N-dealkylation sites (tertiary alicyclic amines) is 1. The minimum atomic E-state index is -3.50. The number of hydrogen-bond donors (Lipinski definition) is 0. The normalized spacial score (nSPS) is 22.0. The topological polar surface area (TPSA) is 59.1 Å². The van der Waals surface area contributed by atoms with Crippen LogP contribution in [-0.2, 0) is 10.0 Å². The van der Waals surface area contributed by atoms with Gasteiger partial charge in [-0.15, -0.1) is 0 Å². The van der Waals surface area contributed by atoms with Crippen LogP contribution in [0.25, 0.3) is 0 Å². The summed E-state index contributed by atoms with van der Waals surface area (Å²) < 4.78 is 38.1. The van der Waals surface area contributed by atoms with E-state index in [2.05, 4.69) is 11.9 Å². The molecule has 2 fully saturated rings. The van der Waals surface area contributed by atoms with Gasteiger partial charge < -0.3 is 14.4 Å². The number of nitrogens with zero attached hydrogens (tertiary/aromatic N) is 2. The van der Waals surface area contributed by atoms with Gasteiger partial charge in [-0.3, -0.25) is 0 Å². The molecule has 6 nitrogen and oxygen atoms in total. The zero-order valence-electron chi connectivity index (χ0n) is 14.6. The second-order valence-electron chi connectivity index (χ2n) is 6.91. The first-order chi connectivity index (χ1) is 11.4. The highest BCUT2D eigenvalue weighted by Crippen LogP contribution is 2.42. The molecular weight excluding hydrogens is 328 g/mol. The minimum Gasteiger partial charge on any atom is -0.493 e. The third-order valence-electron chi connectivity index (χ3n) is 5.44. The molecule has 3 rings (SSSR count). The smallest absolute Gasteiger partial charge is 0.243 e. The van der Waals surface area contributed by atoms with E-state index in [1.807, 2.05) is 0 Å². The van der Waals surface area contributed by atoms with Crippen LogP contribution < -0.4 is 9.47 Å². The molecule has 0 saturated carbocycles. The van der Waals surface area contributed by atoms with E-state index in [0.717, 1.165) is 32.4 Å². The number of methoxy groups -OCH3 is 2. The molecule has 134 valence electrons. The van der Waals surface area contributed by atoms with Crippen LogP contribution in [0.1, 0.15) is 19.3 Å². The lowest BCUT2D eigenvalue weighted by molar-refractivity contribution is 0.134. The maximum Gasteiger partial charge on any atom is 0.243 e. The molecule has 24 heavy (non-hydrogen) atoms. The number of rotatable bonds is 4. The summed E-state index contributed by atoms with van der Waals surface area (Å²) in [6, 6.07) is 4.79. The largest absolute Gasteiger partial charge is 0.493 e. The molecule has 7 heteroatoms. The van der Waals surface area contributed by atoms with E-state index in [0.29, 0.717) is 24.6 Å². The summed E-state index contributed by atoms with van der Waals surface area (Å²) in [4.78, 5) is 2.58. The lowest BCUT2D eigenvalue weighted by Crippen LogP contribution is -2.40. The second kappa shape index (κ2) is 6.54. The van der Waals surface area contributed by atoms with Crippen molar-refractivity contribution in [3.63, 3.8) is 0 Å². The van der Waals surface area contributed by atoms with Crippen LogP contribution in [0.3, 0.4) is 0 Å². The van der Waals surface area contributed by atoms with Gasteiger partial charge in [0.05, 0.1) is 19.1 Å². The fourth-order valence-electron chi connectivity index (χ4n) is 3.73. The van der Waals surface area contributed by atoms with Gasteiger partial charge >= 0.3 is 0 Å². The summed E-state index contributed by atoms with van der Waals surface area (Å²) in [5, 5.41) is 0. The highest BCUT2D eigenvalue weighted by atomic mass is 32.2. The first-order valence-electron chi connectivity index (χ1n) is 8.31. The Hall–Kier alpha value is -1.31. The maximum absolute atomic E-state index is 13.0. The molecular formula is C17H26N2O4S. The van der Waals surface area contributed by atoms with Gasteiger partial charge in [0.2, 0.25) is 10.0 Å². The Morgan fingerprint density at radius 3 is 2.25 bits per heavy atom. The second-order valence-corrected chi connectivity index (χ2v) is 8.85. The Bertz CT molecular complexity index is 697. The molecule has 0 bridgehead atoms. The van der Waals surface area contributed by atoms with Crippen molar-refractivity contribution in [1.82, 2.24) is 9.21 Å². The van der Waals surface area contributed by atoms with Crippen molar-refractivity contribution in [2.45, 2.75) is 24.2 Å². The van der Waals surface area contributed by atoms with E-state index in [4.69, 9.17) is 9.47 Å². The van der Waals surface area contributed by atoms with Crippen LogP contribution in [0.2, 0.25) is 0 Å².